The van der Waals surface area contributed by atoms with E-state index in [-0.39, 0.29) is 5.56 Å². The van der Waals surface area contributed by atoms with Crippen molar-refractivity contribution in [1.29, 1.82) is 0 Å². The van der Waals surface area contributed by atoms with Gasteiger partial charge < -0.3 is 4.74 Å². The highest BCUT2D eigenvalue weighted by Crippen LogP contribution is 2.44. The molecule has 1 atom stereocenters. The van der Waals surface area contributed by atoms with Gasteiger partial charge in [0.25, 0.3) is 6.43 Å². The SMILES string of the molecule is CC(C)(C)OC(=O)C1(C(F)F)Cc2cc(Cl)ccc2C1=O. The van der Waals surface area contributed by atoms with E-state index in [1.54, 1.807) is 20.8 Å². The first kappa shape index (κ1) is 15.9. The summed E-state index contributed by atoms with van der Waals surface area (Å²) in [4.78, 5) is 24.6. The third-order valence-corrected chi connectivity index (χ3v) is 3.56. The number of rotatable bonds is 2. The molecule has 0 aromatic heterocycles. The number of ether oxygens (including phenoxy) is 1. The maximum Gasteiger partial charge on any atom is 0.326 e. The van der Waals surface area contributed by atoms with Crippen LogP contribution in [0.5, 0.6) is 0 Å². The zero-order chi connectivity index (χ0) is 16.0. The van der Waals surface area contributed by atoms with E-state index in [1.807, 2.05) is 0 Å². The quantitative estimate of drug-likeness (QED) is 0.617. The molecule has 1 unspecified atom stereocenters. The number of ketones is 1. The Kier molecular flexibility index (Phi) is 3.82. The van der Waals surface area contributed by atoms with Crippen molar-refractivity contribution in [3.63, 3.8) is 0 Å². The van der Waals surface area contributed by atoms with Crippen LogP contribution in [0.4, 0.5) is 8.78 Å². The van der Waals surface area contributed by atoms with E-state index >= 15 is 0 Å². The summed E-state index contributed by atoms with van der Waals surface area (Å²) in [5, 5.41) is 0.329. The van der Waals surface area contributed by atoms with Crippen LogP contribution >= 0.6 is 11.6 Å². The Balaban J connectivity index is 2.47. The summed E-state index contributed by atoms with van der Waals surface area (Å²) < 4.78 is 32.2. The van der Waals surface area contributed by atoms with Crippen LogP contribution in [0.1, 0.15) is 36.7 Å². The van der Waals surface area contributed by atoms with E-state index in [0.29, 0.717) is 10.6 Å². The Bertz CT molecular complexity index is 607. The van der Waals surface area contributed by atoms with E-state index in [4.69, 9.17) is 16.3 Å². The second kappa shape index (κ2) is 5.05. The lowest BCUT2D eigenvalue weighted by Gasteiger charge is -2.29. The fourth-order valence-electron chi connectivity index (χ4n) is 2.35. The maximum absolute atomic E-state index is 13.6. The summed E-state index contributed by atoms with van der Waals surface area (Å²) in [6.45, 7) is 4.69. The van der Waals surface area contributed by atoms with Crippen molar-refractivity contribution >= 4 is 23.4 Å². The van der Waals surface area contributed by atoms with Gasteiger partial charge in [0, 0.05) is 17.0 Å². The van der Waals surface area contributed by atoms with Gasteiger partial charge in [0.15, 0.2) is 11.2 Å². The number of esters is 1. The molecular formula is C15H15ClF2O3. The fraction of sp³-hybridized carbons (Fsp3) is 0.467. The van der Waals surface area contributed by atoms with Gasteiger partial charge in [-0.1, -0.05) is 11.6 Å². The normalized spacial score (nSPS) is 21.6. The molecule has 1 aromatic carbocycles. The van der Waals surface area contributed by atoms with E-state index in [9.17, 15) is 18.4 Å². The van der Waals surface area contributed by atoms with Gasteiger partial charge in [-0.2, -0.15) is 0 Å². The molecule has 0 spiro atoms. The highest BCUT2D eigenvalue weighted by atomic mass is 35.5. The Morgan fingerprint density at radius 2 is 2.00 bits per heavy atom. The van der Waals surface area contributed by atoms with E-state index in [0.717, 1.165) is 0 Å². The predicted octanol–water partition coefficient (Wildman–Crippen LogP) is 3.67. The summed E-state index contributed by atoms with van der Waals surface area (Å²) in [6, 6.07) is 4.24. The molecule has 0 aliphatic heterocycles. The molecule has 1 aromatic rings. The lowest BCUT2D eigenvalue weighted by molar-refractivity contribution is -0.171. The van der Waals surface area contributed by atoms with Gasteiger partial charge in [-0.25, -0.2) is 8.78 Å². The standard InChI is InChI=1S/C15H15ClF2O3/c1-14(2,3)21-13(20)15(12(17)18)7-8-6-9(16)4-5-10(8)11(15)19/h4-6,12H,7H2,1-3H3. The zero-order valence-electron chi connectivity index (χ0n) is 11.9. The minimum absolute atomic E-state index is 0.102. The molecule has 1 aliphatic carbocycles. The van der Waals surface area contributed by atoms with Gasteiger partial charge in [-0.05, 0) is 44.5 Å². The summed E-state index contributed by atoms with van der Waals surface area (Å²) in [6.07, 6.45) is -3.54. The summed E-state index contributed by atoms with van der Waals surface area (Å²) in [7, 11) is 0. The second-order valence-electron chi connectivity index (χ2n) is 6.08. The van der Waals surface area contributed by atoms with Crippen molar-refractivity contribution < 1.29 is 23.1 Å². The van der Waals surface area contributed by atoms with Crippen LogP contribution < -0.4 is 0 Å². The maximum atomic E-state index is 13.6. The largest absolute Gasteiger partial charge is 0.459 e. The molecule has 3 nitrogen and oxygen atoms in total. The van der Waals surface area contributed by atoms with Crippen LogP contribution in [0.25, 0.3) is 0 Å². The predicted molar refractivity (Wildman–Crippen MR) is 73.8 cm³/mol. The first-order valence-corrected chi connectivity index (χ1v) is 6.80. The van der Waals surface area contributed by atoms with Crippen molar-refractivity contribution in [2.45, 2.75) is 39.2 Å². The number of alkyl halides is 2. The number of benzene rings is 1. The van der Waals surface area contributed by atoms with Gasteiger partial charge in [0.05, 0.1) is 0 Å². The molecule has 2 rings (SSSR count). The van der Waals surface area contributed by atoms with Crippen LogP contribution in [0.15, 0.2) is 18.2 Å². The van der Waals surface area contributed by atoms with Gasteiger partial charge >= 0.3 is 5.97 Å². The van der Waals surface area contributed by atoms with E-state index < -0.39 is 35.6 Å². The Morgan fingerprint density at radius 3 is 2.52 bits per heavy atom. The van der Waals surface area contributed by atoms with E-state index in [1.165, 1.54) is 18.2 Å². The lowest BCUT2D eigenvalue weighted by atomic mass is 9.84. The molecule has 0 saturated heterocycles. The van der Waals surface area contributed by atoms with Crippen LogP contribution in [-0.2, 0) is 16.0 Å². The monoisotopic (exact) mass is 316 g/mol. The van der Waals surface area contributed by atoms with Crippen LogP contribution in [0.3, 0.4) is 0 Å². The molecule has 114 valence electrons. The molecule has 0 fully saturated rings. The van der Waals surface area contributed by atoms with Gasteiger partial charge in [-0.15, -0.1) is 0 Å². The average Bonchev–Trinajstić information content (AvgIpc) is 2.61. The van der Waals surface area contributed by atoms with Crippen LogP contribution in [-0.4, -0.2) is 23.8 Å². The molecular weight excluding hydrogens is 302 g/mol. The number of fused-ring (bicyclic) bond motifs is 1. The Labute approximate surface area is 126 Å². The summed E-state index contributed by atoms with van der Waals surface area (Å²) >= 11 is 5.81. The number of carbonyl (C=O) groups excluding carboxylic acids is 2. The number of hydrogen-bond acceptors (Lipinski definition) is 3. The molecule has 0 N–H and O–H groups in total. The molecule has 0 saturated carbocycles. The third kappa shape index (κ3) is 2.67. The molecule has 0 radical (unpaired) electrons. The molecule has 1 aliphatic rings. The minimum atomic E-state index is -3.15. The van der Waals surface area contributed by atoms with Crippen molar-refractivity contribution in [3.8, 4) is 0 Å². The molecule has 21 heavy (non-hydrogen) atoms. The highest BCUT2D eigenvalue weighted by Gasteiger charge is 2.60. The smallest absolute Gasteiger partial charge is 0.326 e. The van der Waals surface area contributed by atoms with Gasteiger partial charge in [-0.3, -0.25) is 9.59 Å². The summed E-state index contributed by atoms with van der Waals surface area (Å²) in [5.41, 5.74) is -2.98. The fourth-order valence-corrected chi connectivity index (χ4v) is 2.55. The van der Waals surface area contributed by atoms with Crippen molar-refractivity contribution in [1.82, 2.24) is 0 Å². The molecule has 0 bridgehead atoms. The van der Waals surface area contributed by atoms with Gasteiger partial charge in [0.1, 0.15) is 5.60 Å². The minimum Gasteiger partial charge on any atom is -0.459 e. The zero-order valence-corrected chi connectivity index (χ0v) is 12.6. The van der Waals surface area contributed by atoms with Crippen molar-refractivity contribution in [2.24, 2.45) is 5.41 Å². The van der Waals surface area contributed by atoms with Gasteiger partial charge in [0.2, 0.25) is 0 Å². The van der Waals surface area contributed by atoms with Crippen LogP contribution in [0, 0.1) is 5.41 Å². The Morgan fingerprint density at radius 1 is 1.38 bits per heavy atom. The highest BCUT2D eigenvalue weighted by molar-refractivity contribution is 6.31. The second-order valence-corrected chi connectivity index (χ2v) is 6.52. The first-order chi connectivity index (χ1) is 9.58. The molecule has 0 amide bonds. The number of Topliss-reactive ketones (excluding diaryl/α,β-unsaturated/α-hetero) is 1. The number of hydrogen-bond donors (Lipinski definition) is 0. The summed E-state index contributed by atoms with van der Waals surface area (Å²) in [5.74, 6) is -2.10. The number of halogens is 3. The topological polar surface area (TPSA) is 43.4 Å². The van der Waals surface area contributed by atoms with E-state index in [2.05, 4.69) is 0 Å². The Hall–Kier alpha value is -1.49. The van der Waals surface area contributed by atoms with Crippen LogP contribution in [0.2, 0.25) is 5.02 Å². The van der Waals surface area contributed by atoms with Crippen molar-refractivity contribution in [3.05, 3.63) is 34.3 Å². The first-order valence-electron chi connectivity index (χ1n) is 6.43. The van der Waals surface area contributed by atoms with Crippen molar-refractivity contribution in [2.75, 3.05) is 0 Å². The lowest BCUT2D eigenvalue weighted by Crippen LogP contribution is -2.47. The number of carbonyl (C=O) groups is 2. The third-order valence-electron chi connectivity index (χ3n) is 3.32. The average molecular weight is 317 g/mol. The molecule has 6 heteroatoms. The molecule has 0 heterocycles.